The van der Waals surface area contributed by atoms with Gasteiger partial charge in [0.15, 0.2) is 0 Å². The fourth-order valence-corrected chi connectivity index (χ4v) is 3.12. The first kappa shape index (κ1) is 29.9. The fourth-order valence-electron chi connectivity index (χ4n) is 3.12. The Balaban J connectivity index is 0. The van der Waals surface area contributed by atoms with E-state index in [2.05, 4.69) is 32.7 Å². The molecule has 0 aromatic carbocycles. The van der Waals surface area contributed by atoms with Crippen LogP contribution in [0.4, 0.5) is 0 Å². The topological polar surface area (TPSA) is 65.5 Å². The molecule has 1 aromatic rings. The van der Waals surface area contributed by atoms with Crippen LogP contribution in [0.15, 0.2) is 18.2 Å². The Hall–Kier alpha value is -0.335. The molecule has 7 heteroatoms. The van der Waals surface area contributed by atoms with Crippen molar-refractivity contribution in [2.75, 3.05) is 26.2 Å². The summed E-state index contributed by atoms with van der Waals surface area (Å²) in [4.78, 5) is 8.06. The minimum atomic E-state index is -1.54. The van der Waals surface area contributed by atoms with Gasteiger partial charge < -0.3 is 10.2 Å². The molecule has 1 rings (SSSR count). The Labute approximate surface area is 196 Å². The van der Waals surface area contributed by atoms with E-state index in [0.717, 1.165) is 0 Å². The van der Waals surface area contributed by atoms with Gasteiger partial charge in [0.25, 0.3) is 0 Å². The summed E-state index contributed by atoms with van der Waals surface area (Å²) in [5.41, 5.74) is -2.37. The molecule has 0 radical (unpaired) electrons. The molecular weight excluding hydrogens is 340 g/mol. The summed E-state index contributed by atoms with van der Waals surface area (Å²) in [5, 5.41) is 26.7. The number of hydrogen-bond donors (Lipinski definition) is 0. The fraction of sp³-hybridized carbons (Fsp3) is 0.571. The Bertz CT molecular complexity index is 487. The van der Waals surface area contributed by atoms with Crippen LogP contribution in [0, 0.1) is 27.7 Å². The summed E-state index contributed by atoms with van der Waals surface area (Å²) < 4.78 is 0. The van der Waals surface area contributed by atoms with Gasteiger partial charge in [-0.2, -0.15) is 0 Å². The minimum absolute atomic E-state index is 0. The van der Waals surface area contributed by atoms with Crippen molar-refractivity contribution in [3.8, 4) is 0 Å². The van der Waals surface area contributed by atoms with E-state index >= 15 is 0 Å². The third-order valence-electron chi connectivity index (χ3n) is 4.62. The molecular formula is C21H33Li2N3O2+4. The Morgan fingerprint density at radius 2 is 1.04 bits per heavy atom. The van der Waals surface area contributed by atoms with Crippen molar-refractivity contribution in [1.29, 1.82) is 0 Å². The molecule has 0 spiro atoms. The number of pyridine rings is 1. The monoisotopic (exact) mass is 373 g/mol. The van der Waals surface area contributed by atoms with Crippen LogP contribution in [0.5, 0.6) is 0 Å². The molecule has 0 fully saturated rings. The van der Waals surface area contributed by atoms with Crippen LogP contribution < -0.4 is 47.9 Å². The van der Waals surface area contributed by atoms with Crippen molar-refractivity contribution in [2.24, 2.45) is 0 Å². The van der Waals surface area contributed by atoms with Crippen molar-refractivity contribution in [2.45, 2.75) is 51.0 Å². The van der Waals surface area contributed by atoms with Gasteiger partial charge in [-0.25, -0.2) is 0 Å². The van der Waals surface area contributed by atoms with Crippen molar-refractivity contribution in [3.05, 3.63) is 57.3 Å². The van der Waals surface area contributed by atoms with E-state index in [1.54, 1.807) is 41.8 Å². The molecule has 142 valence electrons. The van der Waals surface area contributed by atoms with E-state index in [4.69, 9.17) is 0 Å². The molecule has 5 nitrogen and oxygen atoms in total. The van der Waals surface area contributed by atoms with E-state index in [0.29, 0.717) is 63.3 Å². The maximum absolute atomic E-state index is 13.4. The van der Waals surface area contributed by atoms with E-state index in [9.17, 15) is 10.2 Å². The number of rotatable bonds is 12. The van der Waals surface area contributed by atoms with Gasteiger partial charge in [0.05, 0.1) is 53.4 Å². The molecule has 1 aromatic heterocycles. The average Bonchev–Trinajstić information content (AvgIpc) is 2.61. The minimum Gasteiger partial charge on any atom is -0.834 e. The van der Waals surface area contributed by atoms with Crippen molar-refractivity contribution in [3.63, 3.8) is 0 Å². The van der Waals surface area contributed by atoms with Crippen LogP contribution in [0.3, 0.4) is 0 Å². The Kier molecular flexibility index (Phi) is 14.7. The molecule has 0 saturated heterocycles. The first-order chi connectivity index (χ1) is 12.2. The van der Waals surface area contributed by atoms with Crippen LogP contribution in [0.2, 0.25) is 0 Å². The second kappa shape index (κ2) is 13.8. The molecule has 28 heavy (non-hydrogen) atoms. The molecule has 2 atom stereocenters. The maximum atomic E-state index is 13.4. The van der Waals surface area contributed by atoms with Crippen LogP contribution in [-0.4, -0.2) is 41.0 Å². The van der Waals surface area contributed by atoms with Gasteiger partial charge in [-0.1, -0.05) is 19.9 Å². The summed E-state index contributed by atoms with van der Waals surface area (Å²) in [6.45, 7) is 20.8. The van der Waals surface area contributed by atoms with Crippen molar-refractivity contribution in [1.82, 2.24) is 14.8 Å². The van der Waals surface area contributed by atoms with Crippen LogP contribution in [-0.2, 0) is 11.4 Å². The molecule has 0 aliphatic rings. The third-order valence-corrected chi connectivity index (χ3v) is 4.62. The van der Waals surface area contributed by atoms with Crippen molar-refractivity contribution < 1.29 is 47.9 Å². The largest absolute Gasteiger partial charge is 1.00 e. The molecule has 0 aliphatic heterocycles. The molecule has 2 unspecified atom stereocenters. The van der Waals surface area contributed by atoms with Crippen molar-refractivity contribution >= 4 is 0 Å². The predicted octanol–water partition coefficient (Wildman–Crippen LogP) is -4.34. The van der Waals surface area contributed by atoms with Gasteiger partial charge in [-0.15, -0.1) is 0 Å². The standard InChI is InChI=1S/C21H33N3O2.2Li/c1-7-14-23(15-8-2)20(5,25)18-12-11-13-19(22-18)21(6,26)24(16-9-3)17-10-4;;/h11-13H,1-4,7-10,14-17H2,5-6H3;;/q+2;2*+1. The van der Waals surface area contributed by atoms with Gasteiger partial charge in [-0.05, 0) is 23.6 Å². The summed E-state index contributed by atoms with van der Waals surface area (Å²) in [7, 11) is 0. The van der Waals surface area contributed by atoms with E-state index < -0.39 is 11.4 Å². The van der Waals surface area contributed by atoms with Gasteiger partial charge in [0.1, 0.15) is 0 Å². The second-order valence-corrected chi connectivity index (χ2v) is 6.76. The third kappa shape index (κ3) is 7.49. The molecule has 0 saturated carbocycles. The first-order valence-electron chi connectivity index (χ1n) is 9.31. The molecule has 0 bridgehead atoms. The number of aromatic nitrogens is 1. The first-order valence-corrected chi connectivity index (χ1v) is 9.31. The van der Waals surface area contributed by atoms with Crippen LogP contribution in [0.1, 0.15) is 50.9 Å². The zero-order valence-corrected chi connectivity index (χ0v) is 18.4. The van der Waals surface area contributed by atoms with Crippen LogP contribution in [0.25, 0.3) is 0 Å². The molecule has 0 aliphatic carbocycles. The smallest absolute Gasteiger partial charge is 0.834 e. The van der Waals surface area contributed by atoms with E-state index in [1.165, 1.54) is 0 Å². The number of nitrogens with zero attached hydrogens (tertiary/aromatic N) is 3. The van der Waals surface area contributed by atoms with Crippen LogP contribution >= 0.6 is 0 Å². The van der Waals surface area contributed by atoms with E-state index in [-0.39, 0.29) is 37.7 Å². The zero-order valence-electron chi connectivity index (χ0n) is 18.4. The number of hydrogen-bond acceptors (Lipinski definition) is 5. The summed E-state index contributed by atoms with van der Waals surface area (Å²) in [6.07, 6.45) is 2.49. The summed E-state index contributed by atoms with van der Waals surface area (Å²) >= 11 is 0. The molecule has 1 heterocycles. The summed E-state index contributed by atoms with van der Waals surface area (Å²) in [6, 6.07) is 5.13. The van der Waals surface area contributed by atoms with Gasteiger partial charge in [0.2, 0.25) is 0 Å². The maximum Gasteiger partial charge on any atom is 1.00 e. The Morgan fingerprint density at radius 1 is 0.750 bits per heavy atom. The van der Waals surface area contributed by atoms with Gasteiger partial charge in [0, 0.05) is 37.6 Å². The van der Waals surface area contributed by atoms with E-state index in [1.807, 2.05) is 0 Å². The predicted molar refractivity (Wildman–Crippen MR) is 102 cm³/mol. The Morgan fingerprint density at radius 3 is 1.29 bits per heavy atom. The zero-order chi connectivity index (χ0) is 19.8. The van der Waals surface area contributed by atoms with Gasteiger partial charge in [-0.3, -0.25) is 14.8 Å². The normalized spacial score (nSPS) is 15.4. The molecule has 0 amide bonds. The van der Waals surface area contributed by atoms with Gasteiger partial charge >= 0.3 is 37.7 Å². The summed E-state index contributed by atoms with van der Waals surface area (Å²) in [5.74, 6) is 0. The second-order valence-electron chi connectivity index (χ2n) is 6.76. The average molecular weight is 373 g/mol. The molecule has 0 N–H and O–H groups in total. The SMILES string of the molecule is [CH2+]CCN(CC[CH2+])C(C)([O-])c1cccc(C(C)([O-])N(CC[CH2+])CC[CH2+])n1.[Li+].[Li+]. The quantitative estimate of drug-likeness (QED) is 0.211.